The third-order valence-electron chi connectivity index (χ3n) is 9.30. The largest absolute Gasteiger partial charge is 0.383 e. The van der Waals surface area contributed by atoms with E-state index >= 15 is 0 Å². The number of aliphatic imine (C=N–C) groups is 2. The Labute approximate surface area is 294 Å². The monoisotopic (exact) mass is 660 g/mol. The highest BCUT2D eigenvalue weighted by molar-refractivity contribution is 7.26. The van der Waals surface area contributed by atoms with Crippen LogP contribution in [0.3, 0.4) is 0 Å². The number of thiophene rings is 1. The van der Waals surface area contributed by atoms with Crippen LogP contribution in [0, 0.1) is 0 Å². The number of rotatable bonds is 7. The fourth-order valence-electron chi connectivity index (χ4n) is 6.91. The van der Waals surface area contributed by atoms with E-state index in [1.54, 1.807) is 0 Å². The molecule has 2 aromatic heterocycles. The predicted octanol–water partition coefficient (Wildman–Crippen LogP) is 11.3. The lowest BCUT2D eigenvalue weighted by molar-refractivity contribution is 0.780. The molecule has 5 heteroatoms. The summed E-state index contributed by atoms with van der Waals surface area (Å²) in [5.41, 5.74) is 15.3. The van der Waals surface area contributed by atoms with Crippen molar-refractivity contribution in [1.29, 1.82) is 0 Å². The molecule has 1 atom stereocenters. The fourth-order valence-corrected chi connectivity index (χ4v) is 8.15. The average Bonchev–Trinajstić information content (AvgIpc) is 3.73. The Bertz CT molecular complexity index is 2720. The van der Waals surface area contributed by atoms with Gasteiger partial charge in [0.25, 0.3) is 0 Å². The lowest BCUT2D eigenvalue weighted by Gasteiger charge is -2.14. The van der Waals surface area contributed by atoms with Crippen LogP contribution < -0.4 is 5.73 Å². The van der Waals surface area contributed by atoms with Crippen molar-refractivity contribution in [2.75, 3.05) is 0 Å². The Morgan fingerprint density at radius 1 is 0.600 bits per heavy atom. The molecule has 0 spiro atoms. The van der Waals surface area contributed by atoms with Gasteiger partial charge < -0.3 is 10.3 Å². The maximum atomic E-state index is 6.80. The molecule has 9 aromatic rings. The topological polar surface area (TPSA) is 55.7 Å². The number of nitrogens with two attached hydrogens (primary N) is 1. The molecule has 0 bridgehead atoms. The molecule has 0 saturated carbocycles. The summed E-state index contributed by atoms with van der Waals surface area (Å²) in [6.45, 7) is 0. The molecule has 9 rings (SSSR count). The average molecular weight is 661 g/mol. The molecule has 1 unspecified atom stereocenters. The molecular weight excluding hydrogens is 629 g/mol. The van der Waals surface area contributed by atoms with Crippen molar-refractivity contribution in [2.45, 2.75) is 6.17 Å². The van der Waals surface area contributed by atoms with Gasteiger partial charge in [0.1, 0.15) is 5.84 Å². The molecule has 238 valence electrons. The molecule has 7 aromatic carbocycles. The van der Waals surface area contributed by atoms with Crippen molar-refractivity contribution in [1.82, 2.24) is 4.57 Å². The summed E-state index contributed by atoms with van der Waals surface area (Å²) in [4.78, 5) is 10.1. The van der Waals surface area contributed by atoms with Gasteiger partial charge in [-0.1, -0.05) is 140 Å². The summed E-state index contributed by atoms with van der Waals surface area (Å²) in [6.07, 6.45) is 1.32. The number of aromatic nitrogens is 1. The Morgan fingerprint density at radius 2 is 1.30 bits per heavy atom. The zero-order valence-electron chi connectivity index (χ0n) is 27.1. The number of benzene rings is 7. The highest BCUT2D eigenvalue weighted by Crippen LogP contribution is 2.43. The van der Waals surface area contributed by atoms with E-state index in [4.69, 9.17) is 15.7 Å². The first kappa shape index (κ1) is 29.8. The maximum Gasteiger partial charge on any atom is 0.167 e. The molecule has 0 aliphatic rings. The van der Waals surface area contributed by atoms with Crippen LogP contribution in [0.4, 0.5) is 0 Å². The number of para-hydroxylation sites is 1. The van der Waals surface area contributed by atoms with Crippen molar-refractivity contribution >= 4 is 65.4 Å². The van der Waals surface area contributed by atoms with Crippen LogP contribution in [0.2, 0.25) is 0 Å². The summed E-state index contributed by atoms with van der Waals surface area (Å²) < 4.78 is 4.97. The number of amidine groups is 1. The number of hydrogen-bond acceptors (Lipinski definition) is 3. The van der Waals surface area contributed by atoms with Crippen LogP contribution in [-0.2, 0) is 0 Å². The first-order valence-corrected chi connectivity index (χ1v) is 17.5. The lowest BCUT2D eigenvalue weighted by Crippen LogP contribution is -2.15. The van der Waals surface area contributed by atoms with E-state index in [0.717, 1.165) is 39.0 Å². The standard InChI is InChI=1S/C45H32N4S/c46-44(33-18-11-17-32(27-33)31-15-5-2-6-16-31)48-45(47-29-30-13-3-1-4-14-30)34-19-12-20-35(28-34)49-40-23-9-7-21-36(40)38-25-26-39-37-22-8-10-24-41(37)50-43(39)42(38)49/h1-29,45H,(H2,46,48)/b47-29+. The van der Waals surface area contributed by atoms with E-state index in [1.165, 1.54) is 36.5 Å². The first-order valence-electron chi connectivity index (χ1n) is 16.7. The summed E-state index contributed by atoms with van der Waals surface area (Å²) in [5, 5.41) is 5.03. The third kappa shape index (κ3) is 5.34. The zero-order chi connectivity index (χ0) is 33.4. The van der Waals surface area contributed by atoms with Crippen LogP contribution in [0.1, 0.15) is 22.9 Å². The normalized spacial score (nSPS) is 12.8. The molecular formula is C45H32N4S. The molecule has 0 fully saturated rings. The quantitative estimate of drug-likeness (QED) is 0.134. The fraction of sp³-hybridized carbons (Fsp3) is 0.0222. The smallest absolute Gasteiger partial charge is 0.167 e. The lowest BCUT2D eigenvalue weighted by atomic mass is 10.0. The molecule has 50 heavy (non-hydrogen) atoms. The van der Waals surface area contributed by atoms with Crippen molar-refractivity contribution in [3.63, 3.8) is 0 Å². The van der Waals surface area contributed by atoms with Gasteiger partial charge in [-0.15, -0.1) is 11.3 Å². The van der Waals surface area contributed by atoms with Gasteiger partial charge in [-0.2, -0.15) is 0 Å². The number of nitrogens with zero attached hydrogens (tertiary/aromatic N) is 3. The van der Waals surface area contributed by atoms with Crippen LogP contribution in [0.15, 0.2) is 180 Å². The van der Waals surface area contributed by atoms with E-state index in [-0.39, 0.29) is 0 Å². The second kappa shape index (κ2) is 12.6. The summed E-state index contributed by atoms with van der Waals surface area (Å²) in [7, 11) is 0. The van der Waals surface area contributed by atoms with Gasteiger partial charge in [0.05, 0.1) is 15.7 Å². The SMILES string of the molecule is N/C(=N\C(/N=C/c1ccccc1)c1cccc(-n2c3ccccc3c3ccc4c5ccccc5sc4c32)c1)c1cccc(-c2ccccc2)c1. The second-order valence-corrected chi connectivity index (χ2v) is 13.5. The van der Waals surface area contributed by atoms with Crippen molar-refractivity contribution in [2.24, 2.45) is 15.7 Å². The van der Waals surface area contributed by atoms with Gasteiger partial charge in [-0.05, 0) is 47.0 Å². The van der Waals surface area contributed by atoms with Crippen LogP contribution in [0.25, 0.3) is 58.8 Å². The van der Waals surface area contributed by atoms with Gasteiger partial charge in [-0.25, -0.2) is 4.99 Å². The van der Waals surface area contributed by atoms with Crippen LogP contribution in [-0.4, -0.2) is 16.6 Å². The molecule has 0 aliphatic heterocycles. The molecule has 2 N–H and O–H groups in total. The van der Waals surface area contributed by atoms with E-state index in [2.05, 4.69) is 114 Å². The Morgan fingerprint density at radius 3 is 2.16 bits per heavy atom. The Kier molecular flexibility index (Phi) is 7.52. The van der Waals surface area contributed by atoms with Crippen molar-refractivity contribution in [3.05, 3.63) is 187 Å². The van der Waals surface area contributed by atoms with E-state index < -0.39 is 6.17 Å². The summed E-state index contributed by atoms with van der Waals surface area (Å²) in [6, 6.07) is 59.2. The highest BCUT2D eigenvalue weighted by atomic mass is 32.1. The van der Waals surface area contributed by atoms with E-state index in [0.29, 0.717) is 5.84 Å². The van der Waals surface area contributed by atoms with Gasteiger partial charge in [0, 0.05) is 49.3 Å². The summed E-state index contributed by atoms with van der Waals surface area (Å²) in [5.74, 6) is 0.437. The van der Waals surface area contributed by atoms with Gasteiger partial charge in [0.2, 0.25) is 0 Å². The molecule has 4 nitrogen and oxygen atoms in total. The predicted molar refractivity (Wildman–Crippen MR) is 213 cm³/mol. The molecule has 0 aliphatic carbocycles. The minimum atomic E-state index is -0.562. The van der Waals surface area contributed by atoms with Gasteiger partial charge >= 0.3 is 0 Å². The molecule has 0 radical (unpaired) electrons. The zero-order valence-corrected chi connectivity index (χ0v) is 28.0. The first-order chi connectivity index (χ1) is 24.7. The Hall–Kier alpha value is -6.30. The Balaban J connectivity index is 1.21. The van der Waals surface area contributed by atoms with Crippen LogP contribution >= 0.6 is 11.3 Å². The summed E-state index contributed by atoms with van der Waals surface area (Å²) >= 11 is 1.85. The van der Waals surface area contributed by atoms with Gasteiger partial charge in [0.15, 0.2) is 6.17 Å². The van der Waals surface area contributed by atoms with Crippen molar-refractivity contribution in [3.8, 4) is 16.8 Å². The van der Waals surface area contributed by atoms with Crippen molar-refractivity contribution < 1.29 is 0 Å². The van der Waals surface area contributed by atoms with Gasteiger partial charge in [-0.3, -0.25) is 4.99 Å². The number of hydrogen-bond donors (Lipinski definition) is 1. The maximum absolute atomic E-state index is 6.80. The van der Waals surface area contributed by atoms with E-state index in [1.807, 2.05) is 78.2 Å². The molecule has 2 heterocycles. The second-order valence-electron chi connectivity index (χ2n) is 12.4. The third-order valence-corrected chi connectivity index (χ3v) is 10.5. The van der Waals surface area contributed by atoms with Crippen LogP contribution in [0.5, 0.6) is 0 Å². The highest BCUT2D eigenvalue weighted by Gasteiger charge is 2.19. The minimum Gasteiger partial charge on any atom is -0.383 e. The minimum absolute atomic E-state index is 0.437. The van der Waals surface area contributed by atoms with E-state index in [9.17, 15) is 0 Å². The number of fused-ring (bicyclic) bond motifs is 7. The molecule has 0 amide bonds. The molecule has 0 saturated heterocycles.